The number of alkyl carbamates (subject to hydrolysis) is 1. The minimum Gasteiger partial charge on any atom is -0.444 e. The van der Waals surface area contributed by atoms with E-state index < -0.39 is 5.60 Å². The van der Waals surface area contributed by atoms with E-state index in [-0.39, 0.29) is 6.09 Å². The van der Waals surface area contributed by atoms with E-state index in [0.717, 1.165) is 11.3 Å². The summed E-state index contributed by atoms with van der Waals surface area (Å²) in [6.07, 6.45) is 2.15. The summed E-state index contributed by atoms with van der Waals surface area (Å²) < 4.78 is 5.18. The first-order valence-corrected chi connectivity index (χ1v) is 6.75. The fourth-order valence-electron chi connectivity index (χ4n) is 1.67. The molecule has 1 aliphatic rings. The fraction of sp³-hybridized carbons (Fsp3) is 0.533. The maximum Gasteiger partial charge on any atom is 0.407 e. The van der Waals surface area contributed by atoms with Crippen molar-refractivity contribution in [3.63, 3.8) is 0 Å². The molecule has 1 aromatic carbocycles. The first kappa shape index (κ1) is 13.7. The highest BCUT2D eigenvalue weighted by molar-refractivity contribution is 5.67. The van der Waals surface area contributed by atoms with Gasteiger partial charge in [-0.3, -0.25) is 0 Å². The van der Waals surface area contributed by atoms with Crippen molar-refractivity contribution in [1.29, 1.82) is 0 Å². The van der Waals surface area contributed by atoms with Crippen molar-refractivity contribution in [1.82, 2.24) is 5.32 Å². The summed E-state index contributed by atoms with van der Waals surface area (Å²) in [4.78, 5) is 11.5. The maximum absolute atomic E-state index is 11.5. The van der Waals surface area contributed by atoms with Crippen molar-refractivity contribution in [3.8, 4) is 0 Å². The number of ether oxygens (including phenoxy) is 1. The third-order valence-electron chi connectivity index (χ3n) is 2.74. The number of nitrogens with one attached hydrogen (secondary N) is 2. The summed E-state index contributed by atoms with van der Waals surface area (Å²) in [7, 11) is 0. The molecule has 0 bridgehead atoms. The highest BCUT2D eigenvalue weighted by Gasteiger charge is 2.20. The lowest BCUT2D eigenvalue weighted by Gasteiger charge is -2.19. The molecule has 0 spiro atoms. The van der Waals surface area contributed by atoms with Crippen LogP contribution in [0, 0.1) is 0 Å². The Kier molecular flexibility index (Phi) is 3.98. The molecule has 0 heterocycles. The Hall–Kier alpha value is -1.71. The van der Waals surface area contributed by atoms with Crippen molar-refractivity contribution in [3.05, 3.63) is 29.8 Å². The standard InChI is InChI=1S/C15H22N2O2/c1-15(2,3)19-14(18)16-10-11-4-6-12(7-5-11)17-13-8-9-13/h4-7,13,17H,8-10H2,1-3H3,(H,16,18). The van der Waals surface area contributed by atoms with Crippen molar-refractivity contribution in [2.75, 3.05) is 5.32 Å². The van der Waals surface area contributed by atoms with Gasteiger partial charge in [-0.05, 0) is 51.3 Å². The molecule has 1 fully saturated rings. The predicted octanol–water partition coefficient (Wildman–Crippen LogP) is 3.29. The number of carbonyl (C=O) groups excluding carboxylic acids is 1. The Morgan fingerprint density at radius 2 is 1.89 bits per heavy atom. The molecule has 1 aliphatic carbocycles. The van der Waals surface area contributed by atoms with E-state index >= 15 is 0 Å². The van der Waals surface area contributed by atoms with Gasteiger partial charge in [-0.1, -0.05) is 12.1 Å². The number of carbonyl (C=O) groups is 1. The SMILES string of the molecule is CC(C)(C)OC(=O)NCc1ccc(NC2CC2)cc1. The maximum atomic E-state index is 11.5. The number of hydrogen-bond acceptors (Lipinski definition) is 3. The molecule has 19 heavy (non-hydrogen) atoms. The third-order valence-corrected chi connectivity index (χ3v) is 2.74. The molecular weight excluding hydrogens is 240 g/mol. The molecule has 0 aromatic heterocycles. The van der Waals surface area contributed by atoms with Crippen LogP contribution >= 0.6 is 0 Å². The molecule has 0 unspecified atom stereocenters. The summed E-state index contributed by atoms with van der Waals surface area (Å²) in [5.74, 6) is 0. The Morgan fingerprint density at radius 3 is 2.42 bits per heavy atom. The van der Waals surface area contributed by atoms with Gasteiger partial charge < -0.3 is 15.4 Å². The molecule has 1 amide bonds. The van der Waals surface area contributed by atoms with E-state index in [9.17, 15) is 4.79 Å². The summed E-state index contributed by atoms with van der Waals surface area (Å²) >= 11 is 0. The van der Waals surface area contributed by atoms with Crippen LogP contribution in [-0.2, 0) is 11.3 Å². The molecule has 2 rings (SSSR count). The molecular formula is C15H22N2O2. The monoisotopic (exact) mass is 262 g/mol. The van der Waals surface area contributed by atoms with Crippen molar-refractivity contribution in [2.45, 2.75) is 51.8 Å². The quantitative estimate of drug-likeness (QED) is 0.875. The smallest absolute Gasteiger partial charge is 0.407 e. The van der Waals surface area contributed by atoms with Crippen LogP contribution in [0.4, 0.5) is 10.5 Å². The lowest BCUT2D eigenvalue weighted by atomic mass is 10.2. The molecule has 2 N–H and O–H groups in total. The zero-order valence-electron chi connectivity index (χ0n) is 11.8. The van der Waals surface area contributed by atoms with Gasteiger partial charge in [0, 0.05) is 18.3 Å². The molecule has 1 aromatic rings. The van der Waals surface area contributed by atoms with Gasteiger partial charge in [0.1, 0.15) is 5.60 Å². The second kappa shape index (κ2) is 5.51. The molecule has 4 heteroatoms. The van der Waals surface area contributed by atoms with Crippen molar-refractivity contribution >= 4 is 11.8 Å². The Labute approximate surface area is 114 Å². The Balaban J connectivity index is 1.77. The van der Waals surface area contributed by atoms with Crippen molar-refractivity contribution < 1.29 is 9.53 Å². The van der Waals surface area contributed by atoms with E-state index in [1.807, 2.05) is 45.0 Å². The van der Waals surface area contributed by atoms with Crippen LogP contribution in [-0.4, -0.2) is 17.7 Å². The molecule has 0 aliphatic heterocycles. The van der Waals surface area contributed by atoms with Gasteiger partial charge in [0.2, 0.25) is 0 Å². The van der Waals surface area contributed by atoms with E-state index in [0.29, 0.717) is 12.6 Å². The van der Waals surface area contributed by atoms with E-state index in [2.05, 4.69) is 10.6 Å². The first-order valence-electron chi connectivity index (χ1n) is 6.75. The summed E-state index contributed by atoms with van der Waals surface area (Å²) in [6, 6.07) is 8.78. The molecule has 0 radical (unpaired) electrons. The van der Waals surface area contributed by atoms with Gasteiger partial charge in [-0.2, -0.15) is 0 Å². The normalized spacial score (nSPS) is 14.9. The van der Waals surface area contributed by atoms with Crippen LogP contribution in [0.15, 0.2) is 24.3 Å². The number of rotatable bonds is 4. The van der Waals surface area contributed by atoms with Gasteiger partial charge in [0.25, 0.3) is 0 Å². The molecule has 0 atom stereocenters. The Bertz CT molecular complexity index is 430. The summed E-state index contributed by atoms with van der Waals surface area (Å²) in [6.45, 7) is 6.04. The third kappa shape index (κ3) is 5.20. The lowest BCUT2D eigenvalue weighted by molar-refractivity contribution is 0.0523. The molecule has 4 nitrogen and oxygen atoms in total. The number of hydrogen-bond donors (Lipinski definition) is 2. The second-order valence-electron chi connectivity index (χ2n) is 5.97. The van der Waals surface area contributed by atoms with Gasteiger partial charge in [-0.25, -0.2) is 4.79 Å². The first-order chi connectivity index (χ1) is 8.92. The minimum atomic E-state index is -0.456. The van der Waals surface area contributed by atoms with E-state index in [1.54, 1.807) is 0 Å². The van der Waals surface area contributed by atoms with Gasteiger partial charge in [0.05, 0.1) is 0 Å². The molecule has 104 valence electrons. The van der Waals surface area contributed by atoms with Crippen LogP contribution in [0.5, 0.6) is 0 Å². The molecule has 1 saturated carbocycles. The summed E-state index contributed by atoms with van der Waals surface area (Å²) in [5.41, 5.74) is 1.75. The zero-order chi connectivity index (χ0) is 13.9. The predicted molar refractivity (Wildman–Crippen MR) is 76.2 cm³/mol. The summed E-state index contributed by atoms with van der Waals surface area (Å²) in [5, 5.41) is 6.17. The van der Waals surface area contributed by atoms with Crippen molar-refractivity contribution in [2.24, 2.45) is 0 Å². The Morgan fingerprint density at radius 1 is 1.26 bits per heavy atom. The van der Waals surface area contributed by atoms with Crippen LogP contribution < -0.4 is 10.6 Å². The average Bonchev–Trinajstić information content (AvgIpc) is 3.10. The fourth-order valence-corrected chi connectivity index (χ4v) is 1.67. The topological polar surface area (TPSA) is 50.4 Å². The average molecular weight is 262 g/mol. The largest absolute Gasteiger partial charge is 0.444 e. The van der Waals surface area contributed by atoms with Crippen LogP contribution in [0.3, 0.4) is 0 Å². The minimum absolute atomic E-state index is 0.382. The highest BCUT2D eigenvalue weighted by atomic mass is 16.6. The number of amides is 1. The number of benzene rings is 1. The highest BCUT2D eigenvalue weighted by Crippen LogP contribution is 2.24. The zero-order valence-corrected chi connectivity index (χ0v) is 11.8. The van der Waals surface area contributed by atoms with Crippen LogP contribution in [0.2, 0.25) is 0 Å². The van der Waals surface area contributed by atoms with Crippen LogP contribution in [0.25, 0.3) is 0 Å². The number of anilines is 1. The lowest BCUT2D eigenvalue weighted by Crippen LogP contribution is -2.32. The molecule has 0 saturated heterocycles. The van der Waals surface area contributed by atoms with E-state index in [4.69, 9.17) is 4.74 Å². The second-order valence-corrected chi connectivity index (χ2v) is 5.97. The van der Waals surface area contributed by atoms with E-state index in [1.165, 1.54) is 12.8 Å². The van der Waals surface area contributed by atoms with Gasteiger partial charge >= 0.3 is 6.09 Å². The van der Waals surface area contributed by atoms with Crippen LogP contribution in [0.1, 0.15) is 39.2 Å². The van der Waals surface area contributed by atoms with Gasteiger partial charge in [0.15, 0.2) is 0 Å². The van der Waals surface area contributed by atoms with Gasteiger partial charge in [-0.15, -0.1) is 0 Å².